The van der Waals surface area contributed by atoms with Gasteiger partial charge in [0.1, 0.15) is 11.6 Å². The van der Waals surface area contributed by atoms with E-state index in [9.17, 15) is 19.5 Å². The van der Waals surface area contributed by atoms with Crippen molar-refractivity contribution in [3.8, 4) is 0 Å². The van der Waals surface area contributed by atoms with Crippen molar-refractivity contribution in [2.24, 2.45) is 11.8 Å². The summed E-state index contributed by atoms with van der Waals surface area (Å²) in [5.74, 6) is -2.59. The molecule has 3 aliphatic heterocycles. The lowest BCUT2D eigenvalue weighted by atomic mass is 9.70. The summed E-state index contributed by atoms with van der Waals surface area (Å²) in [5.41, 5.74) is -0.169. The van der Waals surface area contributed by atoms with Crippen molar-refractivity contribution in [3.05, 3.63) is 61.2 Å². The highest BCUT2D eigenvalue weighted by molar-refractivity contribution is 5.98. The number of ether oxygens (including phenoxy) is 2. The molecule has 3 aliphatic rings. The Morgan fingerprint density at radius 3 is 2.70 bits per heavy atom. The van der Waals surface area contributed by atoms with Gasteiger partial charge in [-0.25, -0.2) is 0 Å². The van der Waals surface area contributed by atoms with Crippen LogP contribution in [0.4, 0.5) is 0 Å². The van der Waals surface area contributed by atoms with E-state index in [1.54, 1.807) is 17.1 Å². The number of hydrogen-bond donors (Lipinski definition) is 1. The summed E-state index contributed by atoms with van der Waals surface area (Å²) < 4.78 is 12.0. The van der Waals surface area contributed by atoms with Crippen LogP contribution in [0.25, 0.3) is 0 Å². The Bertz CT molecular complexity index is 1010. The fraction of sp³-hybridized carbons (Fsp3) is 0.552. The lowest BCUT2D eigenvalue weighted by molar-refractivity contribution is -0.156. The van der Waals surface area contributed by atoms with Gasteiger partial charge in [-0.05, 0) is 37.7 Å². The first kappa shape index (κ1) is 27.1. The van der Waals surface area contributed by atoms with Gasteiger partial charge in [-0.3, -0.25) is 14.4 Å². The number of esters is 1. The number of carbonyl (C=O) groups is 3. The summed E-state index contributed by atoms with van der Waals surface area (Å²) >= 11 is 0. The predicted molar refractivity (Wildman–Crippen MR) is 138 cm³/mol. The number of aliphatic hydroxyl groups excluding tert-OH is 1. The Morgan fingerprint density at radius 1 is 1.30 bits per heavy atom. The van der Waals surface area contributed by atoms with Crippen LogP contribution in [0.3, 0.4) is 0 Å². The van der Waals surface area contributed by atoms with Crippen LogP contribution >= 0.6 is 0 Å². The Kier molecular flexibility index (Phi) is 8.49. The zero-order valence-electron chi connectivity index (χ0n) is 21.6. The summed E-state index contributed by atoms with van der Waals surface area (Å²) in [7, 11) is 0. The van der Waals surface area contributed by atoms with Gasteiger partial charge in [-0.2, -0.15) is 0 Å². The van der Waals surface area contributed by atoms with Gasteiger partial charge in [0.25, 0.3) is 0 Å². The molecule has 0 aliphatic carbocycles. The molecule has 3 heterocycles. The number of unbranched alkanes of at least 4 members (excludes halogenated alkanes) is 1. The largest absolute Gasteiger partial charge is 0.465 e. The third-order valence-electron chi connectivity index (χ3n) is 7.99. The lowest BCUT2D eigenvalue weighted by Crippen LogP contribution is -2.58. The first-order valence-corrected chi connectivity index (χ1v) is 13.2. The average molecular weight is 511 g/mol. The smallest absolute Gasteiger partial charge is 0.312 e. The van der Waals surface area contributed by atoms with Crippen molar-refractivity contribution in [1.29, 1.82) is 0 Å². The molecule has 0 radical (unpaired) electrons. The van der Waals surface area contributed by atoms with E-state index < -0.39 is 41.6 Å². The van der Waals surface area contributed by atoms with Crippen LogP contribution in [0.1, 0.15) is 44.6 Å². The molecule has 1 spiro atoms. The predicted octanol–water partition coefficient (Wildman–Crippen LogP) is 2.86. The zero-order valence-corrected chi connectivity index (χ0v) is 21.6. The lowest BCUT2D eigenvalue weighted by Gasteiger charge is -2.39. The topological polar surface area (TPSA) is 96.4 Å². The van der Waals surface area contributed by atoms with Crippen LogP contribution in [0.5, 0.6) is 0 Å². The maximum absolute atomic E-state index is 14.3. The second-order valence-electron chi connectivity index (χ2n) is 10.1. The molecule has 1 aromatic carbocycles. The highest BCUT2D eigenvalue weighted by atomic mass is 16.6. The van der Waals surface area contributed by atoms with Gasteiger partial charge < -0.3 is 24.4 Å². The van der Waals surface area contributed by atoms with Gasteiger partial charge in [-0.15, -0.1) is 13.2 Å². The maximum Gasteiger partial charge on any atom is 0.312 e. The molecule has 3 saturated heterocycles. The molecule has 6 atom stereocenters. The second kappa shape index (κ2) is 11.6. The van der Waals surface area contributed by atoms with Gasteiger partial charge in [-0.1, -0.05) is 49.4 Å². The van der Waals surface area contributed by atoms with E-state index >= 15 is 0 Å². The molecule has 3 fully saturated rings. The van der Waals surface area contributed by atoms with Crippen LogP contribution in [-0.2, 0) is 30.4 Å². The molecule has 200 valence electrons. The molecule has 2 bridgehead atoms. The molecular formula is C29H38N2O6. The fourth-order valence-electron chi connectivity index (χ4n) is 6.31. The second-order valence-corrected chi connectivity index (χ2v) is 10.1. The standard InChI is InChI=1S/C29H38N2O6/c1-4-7-11-17-36-28(35)23-22-14-15-29(37-22)24(23)26(33)31(21(6-3)19-32)25(29)27(34)30(16-5-2)18-20-12-9-8-10-13-20/h4-5,8-10,12-13,21-25,32H,1-2,6-7,11,14-19H2,3H3/t21-,22+,23-,24-,25?,29?/m0/s1. The van der Waals surface area contributed by atoms with E-state index in [0.717, 1.165) is 12.0 Å². The highest BCUT2D eigenvalue weighted by Crippen LogP contribution is 2.59. The van der Waals surface area contributed by atoms with Crippen LogP contribution in [0.2, 0.25) is 0 Å². The number of allylic oxidation sites excluding steroid dienone is 1. The summed E-state index contributed by atoms with van der Waals surface area (Å²) in [6.45, 7) is 9.98. The Labute approximate surface area is 218 Å². The number of nitrogens with zero attached hydrogens (tertiary/aromatic N) is 2. The molecule has 1 aromatic rings. The number of hydrogen-bond acceptors (Lipinski definition) is 6. The quantitative estimate of drug-likeness (QED) is 0.249. The van der Waals surface area contributed by atoms with Crippen molar-refractivity contribution in [2.45, 2.75) is 69.4 Å². The molecule has 0 aromatic heterocycles. The summed E-state index contributed by atoms with van der Waals surface area (Å²) in [4.78, 5) is 44.6. The molecule has 8 nitrogen and oxygen atoms in total. The maximum atomic E-state index is 14.3. The molecule has 0 saturated carbocycles. The first-order chi connectivity index (χ1) is 17.9. The van der Waals surface area contributed by atoms with Gasteiger partial charge >= 0.3 is 5.97 Å². The number of aliphatic hydroxyl groups is 1. The number of amides is 2. The van der Waals surface area contributed by atoms with Crippen molar-refractivity contribution in [1.82, 2.24) is 9.80 Å². The van der Waals surface area contributed by atoms with Crippen molar-refractivity contribution >= 4 is 17.8 Å². The van der Waals surface area contributed by atoms with Gasteiger partial charge in [0.05, 0.1) is 37.2 Å². The van der Waals surface area contributed by atoms with E-state index in [2.05, 4.69) is 13.2 Å². The Balaban J connectivity index is 1.68. The SMILES string of the molecule is C=CCCCOC(=O)[C@@H]1[C@H]2C(=O)N([C@@H](CC)CO)C(C(=O)N(CC=C)Cc3ccccc3)C23CC[C@H]1O3. The van der Waals surface area contributed by atoms with Crippen LogP contribution < -0.4 is 0 Å². The molecule has 2 amide bonds. The normalized spacial score (nSPS) is 28.6. The minimum absolute atomic E-state index is 0.243. The number of fused-ring (bicyclic) bond motifs is 1. The number of rotatable bonds is 13. The molecule has 1 N–H and O–H groups in total. The van der Waals surface area contributed by atoms with Crippen LogP contribution in [-0.4, -0.2) is 76.2 Å². The highest BCUT2D eigenvalue weighted by Gasteiger charge is 2.75. The van der Waals surface area contributed by atoms with Gasteiger partial charge in [0, 0.05) is 13.1 Å². The van der Waals surface area contributed by atoms with Crippen molar-refractivity contribution in [2.75, 3.05) is 19.8 Å². The van der Waals surface area contributed by atoms with E-state index in [-0.39, 0.29) is 25.0 Å². The van der Waals surface area contributed by atoms with Crippen LogP contribution in [0, 0.1) is 11.8 Å². The number of likely N-dealkylation sites (tertiary alicyclic amines) is 1. The third kappa shape index (κ3) is 4.84. The zero-order chi connectivity index (χ0) is 26.6. The molecular weight excluding hydrogens is 472 g/mol. The Morgan fingerprint density at radius 2 is 2.05 bits per heavy atom. The minimum Gasteiger partial charge on any atom is -0.465 e. The average Bonchev–Trinajstić information content (AvgIpc) is 3.55. The van der Waals surface area contributed by atoms with Crippen molar-refractivity contribution < 1.29 is 29.0 Å². The Hall–Kier alpha value is -2.97. The summed E-state index contributed by atoms with van der Waals surface area (Å²) in [6.07, 6.45) is 5.88. The van der Waals surface area contributed by atoms with E-state index in [4.69, 9.17) is 9.47 Å². The van der Waals surface area contributed by atoms with Crippen molar-refractivity contribution in [3.63, 3.8) is 0 Å². The summed E-state index contributed by atoms with van der Waals surface area (Å²) in [6, 6.07) is 8.14. The summed E-state index contributed by atoms with van der Waals surface area (Å²) in [5, 5.41) is 10.2. The van der Waals surface area contributed by atoms with E-state index in [1.807, 2.05) is 37.3 Å². The van der Waals surface area contributed by atoms with Gasteiger partial charge in [0.15, 0.2) is 0 Å². The first-order valence-electron chi connectivity index (χ1n) is 13.2. The molecule has 8 heteroatoms. The monoisotopic (exact) mass is 510 g/mol. The van der Waals surface area contributed by atoms with Crippen LogP contribution in [0.15, 0.2) is 55.6 Å². The third-order valence-corrected chi connectivity index (χ3v) is 7.99. The fourth-order valence-corrected chi connectivity index (χ4v) is 6.31. The van der Waals surface area contributed by atoms with E-state index in [1.165, 1.54) is 4.90 Å². The molecule has 37 heavy (non-hydrogen) atoms. The van der Waals surface area contributed by atoms with Gasteiger partial charge in [0.2, 0.25) is 11.8 Å². The minimum atomic E-state index is -1.12. The van der Waals surface area contributed by atoms with E-state index in [0.29, 0.717) is 38.8 Å². The number of carbonyl (C=O) groups excluding carboxylic acids is 3. The molecule has 4 rings (SSSR count). The molecule has 2 unspecified atom stereocenters. The number of benzene rings is 1.